The molecule has 3 aliphatic heterocycles. The third-order valence-corrected chi connectivity index (χ3v) is 7.24. The number of hydrogen-bond donors (Lipinski definition) is 0. The molecule has 0 amide bonds. The molecule has 3 rings (SSSR count). The molecule has 0 aromatic heterocycles. The molecule has 0 atom stereocenters. The fourth-order valence-corrected chi connectivity index (χ4v) is 6.21. The molecule has 3 heterocycles. The summed E-state index contributed by atoms with van der Waals surface area (Å²) in [7, 11) is 0. The van der Waals surface area contributed by atoms with Gasteiger partial charge in [-0.2, -0.15) is 23.5 Å². The van der Waals surface area contributed by atoms with Gasteiger partial charge in [-0.25, -0.2) is 0 Å². The van der Waals surface area contributed by atoms with Gasteiger partial charge in [0.1, 0.15) is 0 Å². The number of hydrogen-bond acceptors (Lipinski definition) is 4. The molecule has 0 aromatic rings. The van der Waals surface area contributed by atoms with Crippen molar-refractivity contribution in [1.82, 2.24) is 4.90 Å². The smallest absolute Gasteiger partial charge is 0.0471 e. The van der Waals surface area contributed by atoms with Crippen molar-refractivity contribution in [2.75, 3.05) is 49.3 Å². The minimum atomic E-state index is 0.609. The van der Waals surface area contributed by atoms with Gasteiger partial charge >= 0.3 is 0 Å². The number of rotatable bonds is 1. The highest BCUT2D eigenvalue weighted by Crippen LogP contribution is 2.40. The largest absolute Gasteiger partial charge is 0.381 e. The Bertz CT molecular complexity index is 255. The van der Waals surface area contributed by atoms with Crippen LogP contribution < -0.4 is 0 Å². The van der Waals surface area contributed by atoms with E-state index in [0.29, 0.717) is 5.41 Å². The molecular weight excluding hydrogens is 262 g/mol. The Kier molecular flexibility index (Phi) is 4.82. The molecule has 0 N–H and O–H groups in total. The van der Waals surface area contributed by atoms with Gasteiger partial charge in [0.2, 0.25) is 0 Å². The number of piperidine rings is 1. The third-order valence-electron chi connectivity index (χ3n) is 4.75. The first kappa shape index (κ1) is 13.6. The van der Waals surface area contributed by atoms with Crippen molar-refractivity contribution in [2.45, 2.75) is 31.7 Å². The van der Waals surface area contributed by atoms with Crippen LogP contribution in [0.15, 0.2) is 0 Å². The van der Waals surface area contributed by atoms with E-state index in [0.717, 1.165) is 19.3 Å². The molecule has 0 bridgehead atoms. The summed E-state index contributed by atoms with van der Waals surface area (Å²) in [5.74, 6) is 5.43. The second-order valence-corrected chi connectivity index (χ2v) is 8.29. The lowest BCUT2D eigenvalue weighted by Crippen LogP contribution is -2.51. The van der Waals surface area contributed by atoms with E-state index in [1.807, 2.05) is 0 Å². The molecule has 0 saturated carbocycles. The Labute approximate surface area is 120 Å². The summed E-state index contributed by atoms with van der Waals surface area (Å²) < 4.78 is 5.57. The Morgan fingerprint density at radius 3 is 2.44 bits per heavy atom. The van der Waals surface area contributed by atoms with Gasteiger partial charge < -0.3 is 4.74 Å². The molecule has 18 heavy (non-hydrogen) atoms. The van der Waals surface area contributed by atoms with Crippen LogP contribution >= 0.6 is 23.5 Å². The lowest BCUT2D eigenvalue weighted by Gasteiger charge is -2.47. The Balaban J connectivity index is 1.61. The average Bonchev–Trinajstić information content (AvgIpc) is 2.68. The summed E-state index contributed by atoms with van der Waals surface area (Å²) in [6, 6.07) is 0.836. The second-order valence-electron chi connectivity index (χ2n) is 5.99. The lowest BCUT2D eigenvalue weighted by molar-refractivity contribution is -0.0331. The second kappa shape index (κ2) is 6.38. The van der Waals surface area contributed by atoms with Crippen LogP contribution in [0.1, 0.15) is 25.7 Å². The predicted octanol–water partition coefficient (Wildman–Crippen LogP) is 2.73. The molecule has 3 aliphatic rings. The molecule has 2 nitrogen and oxygen atoms in total. The van der Waals surface area contributed by atoms with E-state index < -0.39 is 0 Å². The van der Waals surface area contributed by atoms with Crippen molar-refractivity contribution in [3.05, 3.63) is 0 Å². The van der Waals surface area contributed by atoms with Crippen LogP contribution in [-0.4, -0.2) is 60.3 Å². The summed E-state index contributed by atoms with van der Waals surface area (Å²) in [5.41, 5.74) is 0.609. The lowest BCUT2D eigenvalue weighted by atomic mass is 9.73. The molecule has 4 heteroatoms. The Hall–Kier alpha value is 0.620. The summed E-state index contributed by atoms with van der Waals surface area (Å²) in [6.07, 6.45) is 5.46. The number of thioether (sulfide) groups is 2. The van der Waals surface area contributed by atoms with Crippen molar-refractivity contribution in [2.24, 2.45) is 5.41 Å². The first-order valence-corrected chi connectivity index (χ1v) is 9.66. The zero-order valence-electron chi connectivity index (χ0n) is 11.2. The maximum atomic E-state index is 5.57. The molecule has 0 radical (unpaired) electrons. The molecule has 3 fully saturated rings. The van der Waals surface area contributed by atoms with Gasteiger partial charge in [-0.15, -0.1) is 0 Å². The van der Waals surface area contributed by atoms with E-state index in [1.54, 1.807) is 0 Å². The van der Waals surface area contributed by atoms with Crippen LogP contribution in [0.4, 0.5) is 0 Å². The van der Waals surface area contributed by atoms with Crippen molar-refractivity contribution < 1.29 is 4.74 Å². The zero-order valence-corrected chi connectivity index (χ0v) is 12.9. The number of likely N-dealkylation sites (tertiary alicyclic amines) is 1. The van der Waals surface area contributed by atoms with Crippen molar-refractivity contribution in [1.29, 1.82) is 0 Å². The van der Waals surface area contributed by atoms with Gasteiger partial charge in [0.25, 0.3) is 0 Å². The zero-order chi connectivity index (χ0) is 12.3. The van der Waals surface area contributed by atoms with Crippen molar-refractivity contribution in [3.8, 4) is 0 Å². The van der Waals surface area contributed by atoms with Crippen LogP contribution in [-0.2, 0) is 4.74 Å². The van der Waals surface area contributed by atoms with Gasteiger partial charge in [0.15, 0.2) is 0 Å². The highest BCUT2D eigenvalue weighted by molar-refractivity contribution is 8.03. The minimum Gasteiger partial charge on any atom is -0.381 e. The standard InChI is InChI=1S/C14H25NOS2/c1-2-14(3-6-16-7-4-14)12-15(5-1)13-10-17-8-9-18-11-13/h13H,1-12H2. The molecule has 1 spiro atoms. The number of ether oxygens (including phenoxy) is 1. The maximum Gasteiger partial charge on any atom is 0.0471 e. The summed E-state index contributed by atoms with van der Waals surface area (Å²) in [6.45, 7) is 4.69. The van der Waals surface area contributed by atoms with Crippen LogP contribution in [0.3, 0.4) is 0 Å². The van der Waals surface area contributed by atoms with Gasteiger partial charge in [-0.3, -0.25) is 4.90 Å². The van der Waals surface area contributed by atoms with Gasteiger partial charge in [-0.05, 0) is 37.6 Å². The molecule has 3 saturated heterocycles. The van der Waals surface area contributed by atoms with Crippen LogP contribution in [0.2, 0.25) is 0 Å². The van der Waals surface area contributed by atoms with Gasteiger partial charge in [0.05, 0.1) is 0 Å². The summed E-state index contributed by atoms with van der Waals surface area (Å²) in [5, 5.41) is 0. The quantitative estimate of drug-likeness (QED) is 0.735. The molecule has 0 aliphatic carbocycles. The Morgan fingerprint density at radius 2 is 1.72 bits per heavy atom. The van der Waals surface area contributed by atoms with E-state index in [4.69, 9.17) is 4.74 Å². The van der Waals surface area contributed by atoms with E-state index in [9.17, 15) is 0 Å². The van der Waals surface area contributed by atoms with Crippen LogP contribution in [0.25, 0.3) is 0 Å². The van der Waals surface area contributed by atoms with Crippen LogP contribution in [0.5, 0.6) is 0 Å². The molecule has 0 aromatic carbocycles. The third kappa shape index (κ3) is 3.20. The van der Waals surface area contributed by atoms with Gasteiger partial charge in [0, 0.05) is 48.8 Å². The van der Waals surface area contributed by atoms with Gasteiger partial charge in [-0.1, -0.05) is 0 Å². The van der Waals surface area contributed by atoms with Crippen molar-refractivity contribution >= 4 is 23.5 Å². The fourth-order valence-electron chi connectivity index (χ4n) is 3.59. The Morgan fingerprint density at radius 1 is 1.00 bits per heavy atom. The molecule has 0 unspecified atom stereocenters. The summed E-state index contributed by atoms with van der Waals surface area (Å²) in [4.78, 5) is 2.82. The SMILES string of the molecule is C1CN(C2CSCCSC2)CC2(C1)CCOCC2. The molecular formula is C14H25NOS2. The topological polar surface area (TPSA) is 12.5 Å². The minimum absolute atomic E-state index is 0.609. The first-order chi connectivity index (χ1) is 8.88. The summed E-state index contributed by atoms with van der Waals surface area (Å²) >= 11 is 4.33. The van der Waals surface area contributed by atoms with E-state index in [-0.39, 0.29) is 0 Å². The number of nitrogens with zero attached hydrogens (tertiary/aromatic N) is 1. The van der Waals surface area contributed by atoms with E-state index in [1.165, 1.54) is 61.8 Å². The predicted molar refractivity (Wildman–Crippen MR) is 81.7 cm³/mol. The highest BCUT2D eigenvalue weighted by Gasteiger charge is 2.38. The highest BCUT2D eigenvalue weighted by atomic mass is 32.2. The van der Waals surface area contributed by atoms with Crippen molar-refractivity contribution in [3.63, 3.8) is 0 Å². The van der Waals surface area contributed by atoms with E-state index in [2.05, 4.69) is 28.4 Å². The monoisotopic (exact) mass is 287 g/mol. The normalized spacial score (nSPS) is 31.3. The maximum absolute atomic E-state index is 5.57. The average molecular weight is 287 g/mol. The molecule has 104 valence electrons. The fraction of sp³-hybridized carbons (Fsp3) is 1.00. The van der Waals surface area contributed by atoms with Crippen LogP contribution in [0, 0.1) is 5.41 Å². The first-order valence-electron chi connectivity index (χ1n) is 7.35. The van der Waals surface area contributed by atoms with E-state index >= 15 is 0 Å².